The van der Waals surface area contributed by atoms with Gasteiger partial charge in [0.1, 0.15) is 0 Å². The monoisotopic (exact) mass is 303 g/mol. The molecule has 0 aliphatic heterocycles. The summed E-state index contributed by atoms with van der Waals surface area (Å²) in [6.07, 6.45) is 1.70. The maximum atomic E-state index is 11.4. The quantitative estimate of drug-likeness (QED) is 0.753. The molecule has 0 saturated carbocycles. The lowest BCUT2D eigenvalue weighted by atomic mass is 10.2. The first-order chi connectivity index (χ1) is 10.0. The summed E-state index contributed by atoms with van der Waals surface area (Å²) in [4.78, 5) is 11.4. The fourth-order valence-corrected chi connectivity index (χ4v) is 2.07. The van der Waals surface area contributed by atoms with E-state index in [9.17, 15) is 4.79 Å². The van der Waals surface area contributed by atoms with Gasteiger partial charge in [0.05, 0.1) is 5.69 Å². The molecule has 0 saturated heterocycles. The highest BCUT2D eigenvalue weighted by atomic mass is 32.1. The molecule has 1 aromatic heterocycles. The fourth-order valence-electron chi connectivity index (χ4n) is 1.85. The predicted octanol–water partition coefficient (Wildman–Crippen LogP) is 2.12. The number of carbonyl (C=O) groups excluding carboxylic acids is 1. The Bertz CT molecular complexity index is 680. The fraction of sp³-hybridized carbons (Fsp3) is 0.214. The van der Waals surface area contributed by atoms with E-state index < -0.39 is 5.91 Å². The molecule has 0 unspecified atom stereocenters. The third-order valence-corrected chi connectivity index (χ3v) is 3.16. The minimum absolute atomic E-state index is 0.172. The van der Waals surface area contributed by atoms with Gasteiger partial charge in [-0.1, -0.05) is 18.2 Å². The summed E-state index contributed by atoms with van der Waals surface area (Å²) in [5, 5.41) is 10.5. The van der Waals surface area contributed by atoms with Crippen LogP contribution in [0.3, 0.4) is 0 Å². The van der Waals surface area contributed by atoms with Crippen LogP contribution in [0.2, 0.25) is 0 Å². The molecule has 0 bridgehead atoms. The van der Waals surface area contributed by atoms with Crippen molar-refractivity contribution >= 4 is 34.6 Å². The van der Waals surface area contributed by atoms with E-state index in [-0.39, 0.29) is 5.69 Å². The Labute approximate surface area is 128 Å². The van der Waals surface area contributed by atoms with Gasteiger partial charge < -0.3 is 16.4 Å². The molecule has 21 heavy (non-hydrogen) atoms. The van der Waals surface area contributed by atoms with Crippen molar-refractivity contribution in [3.05, 3.63) is 41.7 Å². The first kappa shape index (κ1) is 15.0. The summed E-state index contributed by atoms with van der Waals surface area (Å²) >= 11 is 5.26. The number of nitrogens with zero attached hydrogens (tertiary/aromatic N) is 2. The van der Waals surface area contributed by atoms with Gasteiger partial charge in [0, 0.05) is 18.4 Å². The molecule has 1 amide bonds. The van der Waals surface area contributed by atoms with Gasteiger partial charge in [-0.3, -0.25) is 9.48 Å². The van der Waals surface area contributed by atoms with Crippen molar-refractivity contribution < 1.29 is 4.79 Å². The first-order valence-corrected chi connectivity index (χ1v) is 6.93. The number of carbonyl (C=O) groups is 1. The summed E-state index contributed by atoms with van der Waals surface area (Å²) in [5.74, 6) is -0.594. The lowest BCUT2D eigenvalue weighted by molar-refractivity contribution is 0.0995. The van der Waals surface area contributed by atoms with Crippen LogP contribution in [0, 0.1) is 6.92 Å². The van der Waals surface area contributed by atoms with Crippen LogP contribution in [0.4, 0.5) is 11.4 Å². The van der Waals surface area contributed by atoms with Gasteiger partial charge in [-0.15, -0.1) is 0 Å². The normalized spacial score (nSPS) is 10.2. The number of anilines is 2. The van der Waals surface area contributed by atoms with Crippen LogP contribution >= 0.6 is 12.2 Å². The lowest BCUT2D eigenvalue weighted by Crippen LogP contribution is -2.22. The van der Waals surface area contributed by atoms with E-state index in [0.717, 1.165) is 11.3 Å². The van der Waals surface area contributed by atoms with Gasteiger partial charge in [-0.25, -0.2) is 0 Å². The lowest BCUT2D eigenvalue weighted by Gasteiger charge is -2.11. The average molecular weight is 303 g/mol. The van der Waals surface area contributed by atoms with E-state index in [2.05, 4.69) is 15.7 Å². The number of aromatic nitrogens is 2. The zero-order chi connectivity index (χ0) is 15.4. The van der Waals surface area contributed by atoms with Crippen LogP contribution in [-0.2, 0) is 6.54 Å². The highest BCUT2D eigenvalue weighted by molar-refractivity contribution is 7.80. The van der Waals surface area contributed by atoms with Gasteiger partial charge in [0.15, 0.2) is 10.8 Å². The number of hydrogen-bond donors (Lipinski definition) is 3. The Kier molecular flexibility index (Phi) is 4.54. The second-order valence-corrected chi connectivity index (χ2v) is 4.91. The Morgan fingerprint density at radius 1 is 1.33 bits per heavy atom. The Balaban J connectivity index is 2.14. The maximum Gasteiger partial charge on any atom is 0.271 e. The second-order valence-electron chi connectivity index (χ2n) is 4.51. The van der Waals surface area contributed by atoms with Gasteiger partial charge in [0.25, 0.3) is 5.91 Å². The molecule has 1 aromatic carbocycles. The molecular weight excluding hydrogens is 286 g/mol. The van der Waals surface area contributed by atoms with Crippen LogP contribution in [-0.4, -0.2) is 20.8 Å². The molecular formula is C14H17N5OS. The maximum absolute atomic E-state index is 11.4. The molecule has 0 fully saturated rings. The van der Waals surface area contributed by atoms with E-state index in [1.165, 1.54) is 0 Å². The zero-order valence-corrected chi connectivity index (χ0v) is 12.7. The van der Waals surface area contributed by atoms with Crippen LogP contribution in [0.1, 0.15) is 23.0 Å². The molecule has 0 aliphatic carbocycles. The SMILES string of the molecule is CCn1cc(NC(=S)Nc2ccccc2C)c(C(N)=O)n1. The van der Waals surface area contributed by atoms with Gasteiger partial charge >= 0.3 is 0 Å². The molecule has 7 heteroatoms. The molecule has 0 atom stereocenters. The van der Waals surface area contributed by atoms with E-state index in [4.69, 9.17) is 18.0 Å². The molecule has 0 aliphatic rings. The smallest absolute Gasteiger partial charge is 0.271 e. The number of nitrogens with two attached hydrogens (primary N) is 1. The summed E-state index contributed by atoms with van der Waals surface area (Å²) in [6.45, 7) is 4.54. The van der Waals surface area contributed by atoms with Crippen LogP contribution in [0.25, 0.3) is 0 Å². The number of para-hydroxylation sites is 1. The number of rotatable bonds is 4. The molecule has 2 rings (SSSR count). The minimum Gasteiger partial charge on any atom is -0.364 e. The molecule has 0 spiro atoms. The molecule has 110 valence electrons. The van der Waals surface area contributed by atoms with Gasteiger partial charge in [0.2, 0.25) is 0 Å². The van der Waals surface area contributed by atoms with Crippen molar-refractivity contribution in [1.29, 1.82) is 0 Å². The van der Waals surface area contributed by atoms with E-state index in [0.29, 0.717) is 17.3 Å². The molecule has 6 nitrogen and oxygen atoms in total. The van der Waals surface area contributed by atoms with Crippen LogP contribution in [0.5, 0.6) is 0 Å². The number of nitrogens with one attached hydrogen (secondary N) is 2. The van der Waals surface area contributed by atoms with Gasteiger partial charge in [-0.2, -0.15) is 5.10 Å². The third-order valence-electron chi connectivity index (χ3n) is 2.96. The highest BCUT2D eigenvalue weighted by Gasteiger charge is 2.14. The summed E-state index contributed by atoms with van der Waals surface area (Å²) in [7, 11) is 0. The Morgan fingerprint density at radius 3 is 2.62 bits per heavy atom. The Hall–Kier alpha value is -2.41. The average Bonchev–Trinajstić information content (AvgIpc) is 2.84. The van der Waals surface area contributed by atoms with Gasteiger partial charge in [-0.05, 0) is 37.7 Å². The second kappa shape index (κ2) is 6.36. The number of thiocarbonyl (C=S) groups is 1. The third kappa shape index (κ3) is 3.57. The van der Waals surface area contributed by atoms with E-state index in [1.54, 1.807) is 10.9 Å². The van der Waals surface area contributed by atoms with E-state index >= 15 is 0 Å². The number of amides is 1. The van der Waals surface area contributed by atoms with Crippen molar-refractivity contribution in [2.45, 2.75) is 20.4 Å². The summed E-state index contributed by atoms with van der Waals surface area (Å²) in [5.41, 5.74) is 7.96. The number of aryl methyl sites for hydroxylation is 2. The van der Waals surface area contributed by atoms with Crippen molar-refractivity contribution in [3.63, 3.8) is 0 Å². The molecule has 1 heterocycles. The van der Waals surface area contributed by atoms with Crippen LogP contribution < -0.4 is 16.4 Å². The number of hydrogen-bond acceptors (Lipinski definition) is 3. The topological polar surface area (TPSA) is 85.0 Å². The number of primary amides is 1. The van der Waals surface area contributed by atoms with Crippen molar-refractivity contribution in [3.8, 4) is 0 Å². The highest BCUT2D eigenvalue weighted by Crippen LogP contribution is 2.16. The summed E-state index contributed by atoms with van der Waals surface area (Å²) < 4.78 is 1.62. The van der Waals surface area contributed by atoms with Crippen molar-refractivity contribution in [2.24, 2.45) is 5.73 Å². The molecule has 2 aromatic rings. The Morgan fingerprint density at radius 2 is 2.00 bits per heavy atom. The largest absolute Gasteiger partial charge is 0.364 e. The summed E-state index contributed by atoms with van der Waals surface area (Å²) in [6, 6.07) is 7.78. The standard InChI is InChI=1S/C14H17N5OS/c1-3-19-8-11(12(18-19)13(15)20)17-14(21)16-10-7-5-4-6-9(10)2/h4-8H,3H2,1-2H3,(H2,15,20)(H2,16,17,21). The minimum atomic E-state index is -0.594. The van der Waals surface area contributed by atoms with Crippen molar-refractivity contribution in [2.75, 3.05) is 10.6 Å². The predicted molar refractivity (Wildman–Crippen MR) is 87.4 cm³/mol. The number of benzene rings is 1. The van der Waals surface area contributed by atoms with Crippen LogP contribution in [0.15, 0.2) is 30.5 Å². The van der Waals surface area contributed by atoms with E-state index in [1.807, 2.05) is 38.1 Å². The molecule has 4 N–H and O–H groups in total. The first-order valence-electron chi connectivity index (χ1n) is 6.52. The zero-order valence-electron chi connectivity index (χ0n) is 11.9. The molecule has 0 radical (unpaired) electrons. The van der Waals surface area contributed by atoms with Crippen molar-refractivity contribution in [1.82, 2.24) is 9.78 Å².